The zero-order chi connectivity index (χ0) is 31.0. The van der Waals surface area contributed by atoms with Crippen molar-refractivity contribution in [2.24, 2.45) is 11.8 Å². The van der Waals surface area contributed by atoms with Crippen molar-refractivity contribution in [3.63, 3.8) is 0 Å². The smallest absolute Gasteiger partial charge is 0.183 e. The molecule has 2 atom stereocenters. The van der Waals surface area contributed by atoms with E-state index in [0.29, 0.717) is 25.0 Å². The molecule has 4 rings (SSSR count). The van der Waals surface area contributed by atoms with Gasteiger partial charge in [0.05, 0.1) is 25.4 Å². The normalized spacial score (nSPS) is 23.4. The molecule has 238 valence electrons. The molecule has 0 amide bonds. The Balaban J connectivity index is 1.18. The van der Waals surface area contributed by atoms with Gasteiger partial charge in [-0.2, -0.15) is 10.5 Å². The summed E-state index contributed by atoms with van der Waals surface area (Å²) < 4.78 is 11.8. The van der Waals surface area contributed by atoms with Crippen LogP contribution in [0.15, 0.2) is 48.5 Å². The molecule has 0 unspecified atom stereocenters. The molecule has 0 bridgehead atoms. The average Bonchev–Trinajstić information content (AvgIpc) is 3.08. The van der Waals surface area contributed by atoms with Crippen molar-refractivity contribution in [1.82, 2.24) is 0 Å². The highest BCUT2D eigenvalue weighted by Crippen LogP contribution is 2.39. The Morgan fingerprint density at radius 3 is 1.25 bits per heavy atom. The molecule has 2 fully saturated rings. The molecular weight excluding hydrogens is 540 g/mol. The van der Waals surface area contributed by atoms with E-state index in [2.05, 4.69) is 74.5 Å². The second-order valence-electron chi connectivity index (χ2n) is 13.6. The van der Waals surface area contributed by atoms with E-state index < -0.39 is 12.2 Å². The van der Waals surface area contributed by atoms with Gasteiger partial charge >= 0.3 is 0 Å². The molecule has 0 saturated heterocycles. The first-order valence-electron chi connectivity index (χ1n) is 17.8. The van der Waals surface area contributed by atoms with E-state index in [9.17, 15) is 10.5 Å². The molecule has 4 heteroatoms. The van der Waals surface area contributed by atoms with Gasteiger partial charge in [0.1, 0.15) is 0 Å². The fourth-order valence-electron chi connectivity index (χ4n) is 7.46. The molecule has 0 heterocycles. The third-order valence-corrected chi connectivity index (χ3v) is 10.4. The maximum Gasteiger partial charge on any atom is 0.183 e. The lowest BCUT2D eigenvalue weighted by atomic mass is 9.77. The second-order valence-corrected chi connectivity index (χ2v) is 13.6. The highest BCUT2D eigenvalue weighted by atomic mass is 16.5. The fourth-order valence-corrected chi connectivity index (χ4v) is 7.46. The number of nitriles is 2. The highest BCUT2D eigenvalue weighted by Gasteiger charge is 2.25. The first kappa shape index (κ1) is 34.2. The summed E-state index contributed by atoms with van der Waals surface area (Å²) in [5, 5.41) is 19.5. The molecule has 4 nitrogen and oxygen atoms in total. The number of hydrogen-bond donors (Lipinski definition) is 0. The van der Waals surface area contributed by atoms with Crippen molar-refractivity contribution < 1.29 is 9.47 Å². The van der Waals surface area contributed by atoms with Crippen molar-refractivity contribution in [3.05, 3.63) is 70.8 Å². The minimum absolute atomic E-state index is 0.291. The van der Waals surface area contributed by atoms with Crippen LogP contribution in [0.25, 0.3) is 0 Å². The summed E-state index contributed by atoms with van der Waals surface area (Å²) in [4.78, 5) is 0. The van der Waals surface area contributed by atoms with Crippen molar-refractivity contribution in [2.45, 2.75) is 154 Å². The van der Waals surface area contributed by atoms with Gasteiger partial charge < -0.3 is 9.47 Å². The molecule has 2 saturated carbocycles. The summed E-state index contributed by atoms with van der Waals surface area (Å²) in [7, 11) is 0. The summed E-state index contributed by atoms with van der Waals surface area (Å²) in [6.45, 7) is 5.14. The Hall–Kier alpha value is -2.66. The van der Waals surface area contributed by atoms with Crippen LogP contribution in [-0.2, 0) is 22.7 Å². The molecule has 2 aliphatic carbocycles. The number of nitrogens with zero attached hydrogens (tertiary/aromatic N) is 2. The molecule has 2 aromatic rings. The summed E-state index contributed by atoms with van der Waals surface area (Å²) in [6.07, 6.45) is 19.6. The Morgan fingerprint density at radius 1 is 0.568 bits per heavy atom. The highest BCUT2D eigenvalue weighted by molar-refractivity contribution is 5.27. The van der Waals surface area contributed by atoms with Gasteiger partial charge in [-0.15, -0.1) is 0 Å². The summed E-state index contributed by atoms with van der Waals surface area (Å²) in [6, 6.07) is 21.6. The van der Waals surface area contributed by atoms with E-state index in [0.717, 1.165) is 23.0 Å². The van der Waals surface area contributed by atoms with Crippen LogP contribution in [-0.4, -0.2) is 12.2 Å². The number of rotatable bonds is 17. The Morgan fingerprint density at radius 2 is 0.932 bits per heavy atom. The number of ether oxygens (including phenoxy) is 2. The van der Waals surface area contributed by atoms with Gasteiger partial charge in [0.2, 0.25) is 0 Å². The molecule has 0 aliphatic heterocycles. The van der Waals surface area contributed by atoms with Gasteiger partial charge in [0.15, 0.2) is 12.2 Å². The third-order valence-electron chi connectivity index (χ3n) is 10.4. The standard InChI is InChI=1S/C40H56N2O2/c1-3-5-7-9-31-11-19-35(20-12-31)37-23-15-33(16-24-37)29-43-39(27-41)40(28-42)44-30-34-17-25-38(26-18-34)36-21-13-32(14-22-36)10-8-6-4-2/h15-18,23-26,31-32,35-36,39-40H,3-14,19-22,29-30H2,1-2H3/t31?,32?,35?,36?,39-,40-/m1/s1. The van der Waals surface area contributed by atoms with E-state index >= 15 is 0 Å². The summed E-state index contributed by atoms with van der Waals surface area (Å²) >= 11 is 0. The van der Waals surface area contributed by atoms with Crippen LogP contribution in [0, 0.1) is 34.5 Å². The largest absolute Gasteiger partial charge is 0.355 e. The van der Waals surface area contributed by atoms with Crippen molar-refractivity contribution in [1.29, 1.82) is 10.5 Å². The van der Waals surface area contributed by atoms with Crippen LogP contribution in [0.4, 0.5) is 0 Å². The van der Waals surface area contributed by atoms with Gasteiger partial charge in [-0.25, -0.2) is 0 Å². The quantitative estimate of drug-likeness (QED) is 0.170. The molecule has 0 aromatic heterocycles. The van der Waals surface area contributed by atoms with Gasteiger partial charge in [0, 0.05) is 0 Å². The SMILES string of the molecule is CCCCCC1CCC(c2ccc(CO[C@H](C#N)[C@@H](C#N)OCc3ccc(C4CCC(CCCCC)CC4)cc3)cc2)CC1. The molecule has 2 aliphatic rings. The minimum Gasteiger partial charge on any atom is -0.355 e. The van der Waals surface area contributed by atoms with Crippen molar-refractivity contribution in [3.8, 4) is 12.1 Å². The Bertz CT molecular complexity index is 1050. The number of hydrogen-bond acceptors (Lipinski definition) is 4. The van der Waals surface area contributed by atoms with E-state index in [1.807, 2.05) is 0 Å². The zero-order valence-corrected chi connectivity index (χ0v) is 27.5. The summed E-state index contributed by atoms with van der Waals surface area (Å²) in [5.41, 5.74) is 4.86. The van der Waals surface area contributed by atoms with Crippen LogP contribution < -0.4 is 0 Å². The lowest BCUT2D eigenvalue weighted by Gasteiger charge is -2.29. The molecular formula is C40H56N2O2. The van der Waals surface area contributed by atoms with Crippen LogP contribution >= 0.6 is 0 Å². The molecule has 0 N–H and O–H groups in total. The Kier molecular flexibility index (Phi) is 14.8. The van der Waals surface area contributed by atoms with Crippen LogP contribution in [0.5, 0.6) is 0 Å². The van der Waals surface area contributed by atoms with Crippen molar-refractivity contribution in [2.75, 3.05) is 0 Å². The van der Waals surface area contributed by atoms with Crippen LogP contribution in [0.3, 0.4) is 0 Å². The van der Waals surface area contributed by atoms with E-state index in [1.165, 1.54) is 114 Å². The lowest BCUT2D eigenvalue weighted by Crippen LogP contribution is -2.29. The Labute approximate surface area is 268 Å². The first-order chi connectivity index (χ1) is 21.6. The molecule has 2 aromatic carbocycles. The maximum absolute atomic E-state index is 9.76. The average molecular weight is 597 g/mol. The van der Waals surface area contributed by atoms with E-state index in [1.54, 1.807) is 0 Å². The molecule has 44 heavy (non-hydrogen) atoms. The maximum atomic E-state index is 9.76. The molecule has 0 spiro atoms. The topological polar surface area (TPSA) is 66.0 Å². The second kappa shape index (κ2) is 19.0. The van der Waals surface area contributed by atoms with Crippen molar-refractivity contribution >= 4 is 0 Å². The summed E-state index contributed by atoms with van der Waals surface area (Å²) in [5.74, 6) is 3.13. The van der Waals surface area contributed by atoms with Gasteiger partial charge in [0.25, 0.3) is 0 Å². The lowest BCUT2D eigenvalue weighted by molar-refractivity contribution is -0.0351. The van der Waals surface area contributed by atoms with E-state index in [4.69, 9.17) is 9.47 Å². The first-order valence-corrected chi connectivity index (χ1v) is 17.8. The third kappa shape index (κ3) is 10.8. The van der Waals surface area contributed by atoms with E-state index in [-0.39, 0.29) is 0 Å². The predicted molar refractivity (Wildman–Crippen MR) is 179 cm³/mol. The van der Waals surface area contributed by atoms with Gasteiger partial charge in [-0.1, -0.05) is 114 Å². The van der Waals surface area contributed by atoms with Crippen LogP contribution in [0.1, 0.15) is 151 Å². The van der Waals surface area contributed by atoms with Gasteiger partial charge in [-0.3, -0.25) is 0 Å². The number of unbranched alkanes of at least 4 members (excludes halogenated alkanes) is 4. The number of benzene rings is 2. The predicted octanol–water partition coefficient (Wildman–Crippen LogP) is 10.9. The van der Waals surface area contributed by atoms with Crippen LogP contribution in [0.2, 0.25) is 0 Å². The minimum atomic E-state index is -0.936. The monoisotopic (exact) mass is 596 g/mol. The molecule has 0 radical (unpaired) electrons. The zero-order valence-electron chi connectivity index (χ0n) is 27.5. The van der Waals surface area contributed by atoms with Gasteiger partial charge in [-0.05, 0) is 97.3 Å². The fraction of sp³-hybridized carbons (Fsp3) is 0.650.